The SMILES string of the molecule is CO[C@H]1C=C[C@@H](CC(C)=O)CC1. The molecule has 0 bridgehead atoms. The van der Waals surface area contributed by atoms with Crippen molar-refractivity contribution in [2.75, 3.05) is 7.11 Å². The summed E-state index contributed by atoms with van der Waals surface area (Å²) in [6.45, 7) is 1.65. The summed E-state index contributed by atoms with van der Waals surface area (Å²) in [6.07, 6.45) is 7.26. The first-order valence-electron chi connectivity index (χ1n) is 4.43. The number of ketones is 1. The summed E-state index contributed by atoms with van der Waals surface area (Å²) in [4.78, 5) is 10.8. The first-order valence-corrected chi connectivity index (χ1v) is 4.43. The summed E-state index contributed by atoms with van der Waals surface area (Å²) in [7, 11) is 1.72. The number of carbonyl (C=O) groups excluding carboxylic acids is 1. The molecule has 0 amide bonds. The fourth-order valence-corrected chi connectivity index (χ4v) is 1.59. The molecule has 0 N–H and O–H groups in total. The second kappa shape index (κ2) is 4.41. The van der Waals surface area contributed by atoms with E-state index in [2.05, 4.69) is 12.2 Å². The smallest absolute Gasteiger partial charge is 0.130 e. The topological polar surface area (TPSA) is 26.3 Å². The highest BCUT2D eigenvalue weighted by atomic mass is 16.5. The van der Waals surface area contributed by atoms with Crippen molar-refractivity contribution in [3.8, 4) is 0 Å². The number of methoxy groups -OCH3 is 1. The van der Waals surface area contributed by atoms with Gasteiger partial charge in [0.2, 0.25) is 0 Å². The van der Waals surface area contributed by atoms with Crippen LogP contribution < -0.4 is 0 Å². The number of allylic oxidation sites excluding steroid dienone is 1. The molecule has 0 unspecified atom stereocenters. The third-order valence-electron chi connectivity index (χ3n) is 2.27. The molecule has 0 saturated heterocycles. The van der Waals surface area contributed by atoms with E-state index in [1.54, 1.807) is 14.0 Å². The summed E-state index contributed by atoms with van der Waals surface area (Å²) < 4.78 is 5.17. The molecule has 0 spiro atoms. The third-order valence-corrected chi connectivity index (χ3v) is 2.27. The molecule has 68 valence electrons. The minimum absolute atomic E-state index is 0.271. The van der Waals surface area contributed by atoms with Crippen LogP contribution >= 0.6 is 0 Å². The van der Waals surface area contributed by atoms with Gasteiger partial charge in [0.25, 0.3) is 0 Å². The maximum absolute atomic E-state index is 10.8. The fourth-order valence-electron chi connectivity index (χ4n) is 1.59. The summed E-state index contributed by atoms with van der Waals surface area (Å²) in [5, 5.41) is 0. The Morgan fingerprint density at radius 3 is 2.67 bits per heavy atom. The van der Waals surface area contributed by atoms with E-state index in [-0.39, 0.29) is 11.9 Å². The van der Waals surface area contributed by atoms with Gasteiger partial charge in [0.15, 0.2) is 0 Å². The molecular weight excluding hydrogens is 152 g/mol. The molecule has 2 heteroatoms. The number of ether oxygens (including phenoxy) is 1. The lowest BCUT2D eigenvalue weighted by molar-refractivity contribution is -0.117. The predicted molar refractivity (Wildman–Crippen MR) is 48.0 cm³/mol. The van der Waals surface area contributed by atoms with Crippen LogP contribution in [0.15, 0.2) is 12.2 Å². The fraction of sp³-hybridized carbons (Fsp3) is 0.700. The molecule has 0 fully saturated rings. The predicted octanol–water partition coefficient (Wildman–Crippen LogP) is 1.95. The third kappa shape index (κ3) is 2.78. The Hall–Kier alpha value is -0.630. The van der Waals surface area contributed by atoms with Crippen LogP contribution in [0, 0.1) is 5.92 Å². The van der Waals surface area contributed by atoms with Crippen LogP contribution in [0.1, 0.15) is 26.2 Å². The molecule has 0 aromatic rings. The van der Waals surface area contributed by atoms with Crippen molar-refractivity contribution >= 4 is 5.78 Å². The van der Waals surface area contributed by atoms with E-state index in [1.807, 2.05) is 0 Å². The lowest BCUT2D eigenvalue weighted by Crippen LogP contribution is -2.16. The number of rotatable bonds is 3. The molecule has 0 aromatic carbocycles. The van der Waals surface area contributed by atoms with E-state index >= 15 is 0 Å². The number of Topliss-reactive ketones (excluding diaryl/α,β-unsaturated/α-hetero) is 1. The quantitative estimate of drug-likeness (QED) is 0.602. The molecule has 2 atom stereocenters. The van der Waals surface area contributed by atoms with E-state index in [9.17, 15) is 4.79 Å². The van der Waals surface area contributed by atoms with E-state index in [0.717, 1.165) is 12.8 Å². The second-order valence-corrected chi connectivity index (χ2v) is 3.40. The number of hydrogen-bond acceptors (Lipinski definition) is 2. The largest absolute Gasteiger partial charge is 0.377 e. The average molecular weight is 168 g/mol. The molecule has 1 aliphatic rings. The molecule has 1 rings (SSSR count). The summed E-state index contributed by atoms with van der Waals surface area (Å²) in [6, 6.07) is 0. The molecular formula is C10H16O2. The van der Waals surface area contributed by atoms with Crippen LogP contribution in [-0.4, -0.2) is 19.0 Å². The van der Waals surface area contributed by atoms with Gasteiger partial charge in [-0.25, -0.2) is 0 Å². The summed E-state index contributed by atoms with van der Waals surface area (Å²) >= 11 is 0. The molecule has 0 saturated carbocycles. The Labute approximate surface area is 73.6 Å². The van der Waals surface area contributed by atoms with Crippen LogP contribution in [0.4, 0.5) is 0 Å². The van der Waals surface area contributed by atoms with Gasteiger partial charge in [-0.3, -0.25) is 0 Å². The van der Waals surface area contributed by atoms with Crippen molar-refractivity contribution < 1.29 is 9.53 Å². The van der Waals surface area contributed by atoms with Gasteiger partial charge in [0.1, 0.15) is 5.78 Å². The Bertz CT molecular complexity index is 184. The zero-order valence-corrected chi connectivity index (χ0v) is 7.75. The molecule has 12 heavy (non-hydrogen) atoms. The molecule has 0 aliphatic heterocycles. The minimum Gasteiger partial charge on any atom is -0.377 e. The Morgan fingerprint density at radius 2 is 2.25 bits per heavy atom. The average Bonchev–Trinajstić information content (AvgIpc) is 2.05. The van der Waals surface area contributed by atoms with Gasteiger partial charge in [-0.2, -0.15) is 0 Å². The highest BCUT2D eigenvalue weighted by molar-refractivity contribution is 5.75. The van der Waals surface area contributed by atoms with Crippen LogP contribution in [-0.2, 0) is 9.53 Å². The van der Waals surface area contributed by atoms with Crippen LogP contribution in [0.5, 0.6) is 0 Å². The van der Waals surface area contributed by atoms with Crippen molar-refractivity contribution in [2.24, 2.45) is 5.92 Å². The zero-order valence-electron chi connectivity index (χ0n) is 7.75. The summed E-state index contributed by atoms with van der Waals surface area (Å²) in [5.74, 6) is 0.731. The van der Waals surface area contributed by atoms with Crippen molar-refractivity contribution in [3.63, 3.8) is 0 Å². The summed E-state index contributed by atoms with van der Waals surface area (Å²) in [5.41, 5.74) is 0. The molecule has 0 radical (unpaired) electrons. The van der Waals surface area contributed by atoms with Crippen LogP contribution in [0.25, 0.3) is 0 Å². The zero-order chi connectivity index (χ0) is 8.97. The van der Waals surface area contributed by atoms with Crippen molar-refractivity contribution in [2.45, 2.75) is 32.3 Å². The van der Waals surface area contributed by atoms with Gasteiger partial charge in [0, 0.05) is 13.5 Å². The van der Waals surface area contributed by atoms with Gasteiger partial charge in [0.05, 0.1) is 6.10 Å². The van der Waals surface area contributed by atoms with E-state index < -0.39 is 0 Å². The van der Waals surface area contributed by atoms with E-state index in [1.165, 1.54) is 0 Å². The second-order valence-electron chi connectivity index (χ2n) is 3.40. The minimum atomic E-state index is 0.271. The van der Waals surface area contributed by atoms with Gasteiger partial charge in [-0.15, -0.1) is 0 Å². The lowest BCUT2D eigenvalue weighted by Gasteiger charge is -2.20. The maximum atomic E-state index is 10.8. The van der Waals surface area contributed by atoms with Gasteiger partial charge in [-0.05, 0) is 25.7 Å². The van der Waals surface area contributed by atoms with Crippen LogP contribution in [0.2, 0.25) is 0 Å². The molecule has 2 nitrogen and oxygen atoms in total. The van der Waals surface area contributed by atoms with E-state index in [4.69, 9.17) is 4.74 Å². The first-order chi connectivity index (χ1) is 5.72. The van der Waals surface area contributed by atoms with Gasteiger partial charge >= 0.3 is 0 Å². The highest BCUT2D eigenvalue weighted by Crippen LogP contribution is 2.21. The normalized spacial score (nSPS) is 28.8. The lowest BCUT2D eigenvalue weighted by atomic mass is 9.90. The van der Waals surface area contributed by atoms with Gasteiger partial charge < -0.3 is 9.53 Å². The highest BCUT2D eigenvalue weighted by Gasteiger charge is 2.15. The van der Waals surface area contributed by atoms with Crippen molar-refractivity contribution in [3.05, 3.63) is 12.2 Å². The number of carbonyl (C=O) groups is 1. The standard InChI is InChI=1S/C10H16O2/c1-8(11)7-9-3-5-10(12-2)6-4-9/h3,5,9-10H,4,6-7H2,1-2H3/t9-,10+/m1/s1. The van der Waals surface area contributed by atoms with Gasteiger partial charge in [-0.1, -0.05) is 12.2 Å². The Kier molecular flexibility index (Phi) is 3.48. The molecule has 0 heterocycles. The van der Waals surface area contributed by atoms with Crippen molar-refractivity contribution in [1.29, 1.82) is 0 Å². The monoisotopic (exact) mass is 168 g/mol. The number of hydrogen-bond donors (Lipinski definition) is 0. The van der Waals surface area contributed by atoms with Crippen LogP contribution in [0.3, 0.4) is 0 Å². The van der Waals surface area contributed by atoms with E-state index in [0.29, 0.717) is 12.3 Å². The maximum Gasteiger partial charge on any atom is 0.130 e. The Morgan fingerprint density at radius 1 is 1.50 bits per heavy atom. The van der Waals surface area contributed by atoms with Crippen molar-refractivity contribution in [1.82, 2.24) is 0 Å². The molecule has 0 aromatic heterocycles. The Balaban J connectivity index is 2.37. The molecule has 1 aliphatic carbocycles. The first kappa shape index (κ1) is 9.46.